The predicted octanol–water partition coefficient (Wildman–Crippen LogP) is 2.12. The summed E-state index contributed by atoms with van der Waals surface area (Å²) >= 11 is 0. The lowest BCUT2D eigenvalue weighted by atomic mass is 10.1. The first-order valence-corrected chi connectivity index (χ1v) is 7.15. The van der Waals surface area contributed by atoms with Crippen LogP contribution in [0.4, 0.5) is 15.9 Å². The molecule has 1 aliphatic heterocycles. The van der Waals surface area contributed by atoms with Crippen LogP contribution in [0.1, 0.15) is 11.3 Å². The zero-order valence-electron chi connectivity index (χ0n) is 12.3. The van der Waals surface area contributed by atoms with Gasteiger partial charge in [-0.25, -0.2) is 14.4 Å². The van der Waals surface area contributed by atoms with Gasteiger partial charge in [-0.05, 0) is 25.1 Å². The Bertz CT molecular complexity index is 717. The van der Waals surface area contributed by atoms with Crippen molar-refractivity contribution in [3.8, 4) is 6.07 Å². The van der Waals surface area contributed by atoms with Crippen molar-refractivity contribution >= 4 is 11.5 Å². The van der Waals surface area contributed by atoms with E-state index in [1.807, 2.05) is 13.0 Å². The first-order chi connectivity index (χ1) is 10.7. The minimum Gasteiger partial charge on any atom is -0.367 e. The summed E-state index contributed by atoms with van der Waals surface area (Å²) in [6.45, 7) is 5.09. The number of benzene rings is 1. The molecule has 1 fully saturated rings. The van der Waals surface area contributed by atoms with Crippen LogP contribution in [0.15, 0.2) is 30.6 Å². The summed E-state index contributed by atoms with van der Waals surface area (Å²) in [6, 6.07) is 8.40. The van der Waals surface area contributed by atoms with Crippen LogP contribution in [-0.4, -0.2) is 36.1 Å². The average molecular weight is 297 g/mol. The molecule has 0 saturated carbocycles. The summed E-state index contributed by atoms with van der Waals surface area (Å²) in [5.41, 5.74) is 2.12. The number of rotatable bonds is 2. The number of piperazine rings is 1. The number of aromatic nitrogens is 2. The van der Waals surface area contributed by atoms with Crippen LogP contribution in [0.3, 0.4) is 0 Å². The van der Waals surface area contributed by atoms with Gasteiger partial charge in [0.2, 0.25) is 0 Å². The van der Waals surface area contributed by atoms with E-state index < -0.39 is 0 Å². The van der Waals surface area contributed by atoms with Crippen LogP contribution in [-0.2, 0) is 0 Å². The monoisotopic (exact) mass is 297 g/mol. The quantitative estimate of drug-likeness (QED) is 0.850. The van der Waals surface area contributed by atoms with E-state index in [4.69, 9.17) is 5.26 Å². The minimum atomic E-state index is -0.379. The lowest BCUT2D eigenvalue weighted by Crippen LogP contribution is -2.47. The molecule has 5 nitrogen and oxygen atoms in total. The molecular formula is C16H16FN5. The topological polar surface area (TPSA) is 56.0 Å². The Labute approximate surface area is 128 Å². The lowest BCUT2D eigenvalue weighted by Gasteiger charge is -2.37. The molecule has 22 heavy (non-hydrogen) atoms. The molecule has 0 aliphatic carbocycles. The van der Waals surface area contributed by atoms with Gasteiger partial charge in [0.25, 0.3) is 0 Å². The van der Waals surface area contributed by atoms with E-state index in [9.17, 15) is 4.39 Å². The fourth-order valence-electron chi connectivity index (χ4n) is 2.66. The Hall–Kier alpha value is -2.68. The van der Waals surface area contributed by atoms with Crippen LogP contribution in [0.25, 0.3) is 0 Å². The summed E-state index contributed by atoms with van der Waals surface area (Å²) in [5.74, 6) is 0.544. The predicted molar refractivity (Wildman–Crippen MR) is 82.3 cm³/mol. The van der Waals surface area contributed by atoms with E-state index in [1.165, 1.54) is 12.1 Å². The van der Waals surface area contributed by atoms with Crippen LogP contribution < -0.4 is 9.80 Å². The average Bonchev–Trinajstić information content (AvgIpc) is 2.55. The minimum absolute atomic E-state index is 0.379. The molecule has 1 aliphatic rings. The van der Waals surface area contributed by atoms with Gasteiger partial charge in [-0.3, -0.25) is 0 Å². The first-order valence-electron chi connectivity index (χ1n) is 7.15. The van der Waals surface area contributed by atoms with E-state index in [1.54, 1.807) is 12.4 Å². The molecule has 2 heterocycles. The Kier molecular flexibility index (Phi) is 3.88. The second-order valence-electron chi connectivity index (χ2n) is 5.26. The van der Waals surface area contributed by atoms with E-state index in [-0.39, 0.29) is 5.82 Å². The zero-order chi connectivity index (χ0) is 15.5. The van der Waals surface area contributed by atoms with Gasteiger partial charge in [0, 0.05) is 37.9 Å². The van der Waals surface area contributed by atoms with Crippen molar-refractivity contribution in [3.05, 3.63) is 47.7 Å². The van der Waals surface area contributed by atoms with Crippen molar-refractivity contribution in [1.29, 1.82) is 5.26 Å². The highest BCUT2D eigenvalue weighted by Crippen LogP contribution is 2.23. The molecule has 0 bridgehead atoms. The van der Waals surface area contributed by atoms with Crippen LogP contribution >= 0.6 is 0 Å². The molecule has 0 spiro atoms. The third-order valence-electron chi connectivity index (χ3n) is 3.81. The van der Waals surface area contributed by atoms with Crippen LogP contribution in [0, 0.1) is 24.1 Å². The maximum atomic E-state index is 13.2. The number of nitrogens with zero attached hydrogens (tertiary/aromatic N) is 5. The maximum absolute atomic E-state index is 13.2. The van der Waals surface area contributed by atoms with Gasteiger partial charge in [0.05, 0.1) is 11.3 Å². The molecule has 1 saturated heterocycles. The summed E-state index contributed by atoms with van der Waals surface area (Å²) in [5, 5.41) is 9.16. The molecule has 3 rings (SSSR count). The summed E-state index contributed by atoms with van der Waals surface area (Å²) in [4.78, 5) is 12.7. The highest BCUT2D eigenvalue weighted by molar-refractivity contribution is 5.60. The van der Waals surface area contributed by atoms with Crippen molar-refractivity contribution in [1.82, 2.24) is 9.97 Å². The highest BCUT2D eigenvalue weighted by atomic mass is 19.1. The van der Waals surface area contributed by atoms with Gasteiger partial charge in [0.15, 0.2) is 0 Å². The molecule has 6 heteroatoms. The van der Waals surface area contributed by atoms with E-state index in [0.717, 1.165) is 43.4 Å². The van der Waals surface area contributed by atoms with Crippen LogP contribution in [0.2, 0.25) is 0 Å². The van der Waals surface area contributed by atoms with Crippen molar-refractivity contribution in [2.24, 2.45) is 0 Å². The third kappa shape index (κ3) is 2.84. The molecule has 0 radical (unpaired) electrons. The Morgan fingerprint density at radius 1 is 1.09 bits per heavy atom. The van der Waals surface area contributed by atoms with Crippen molar-refractivity contribution in [2.75, 3.05) is 36.0 Å². The summed E-state index contributed by atoms with van der Waals surface area (Å²) < 4.78 is 13.2. The smallest absolute Gasteiger partial charge is 0.132 e. The molecular weight excluding hydrogens is 281 g/mol. The number of halogens is 1. The fraction of sp³-hybridized carbons (Fsp3) is 0.312. The number of anilines is 2. The largest absolute Gasteiger partial charge is 0.367 e. The standard InChI is InChI=1S/C16H16FN5/c1-12-8-16(20-11-19-12)22-6-4-21(5-7-22)15-3-2-14(17)9-13(15)10-18/h2-3,8-9,11H,4-7H2,1H3. The van der Waals surface area contributed by atoms with E-state index in [0.29, 0.717) is 5.56 Å². The normalized spacial score (nSPS) is 14.8. The Balaban J connectivity index is 1.73. The fourth-order valence-corrected chi connectivity index (χ4v) is 2.66. The maximum Gasteiger partial charge on any atom is 0.132 e. The molecule has 0 amide bonds. The Morgan fingerprint density at radius 3 is 2.50 bits per heavy atom. The van der Waals surface area contributed by atoms with Gasteiger partial charge in [-0.1, -0.05) is 0 Å². The molecule has 2 aromatic rings. The molecule has 0 N–H and O–H groups in total. The lowest BCUT2D eigenvalue weighted by molar-refractivity contribution is 0.623. The number of hydrogen-bond donors (Lipinski definition) is 0. The molecule has 1 aromatic heterocycles. The number of nitriles is 1. The summed E-state index contributed by atoms with van der Waals surface area (Å²) in [6.07, 6.45) is 1.57. The van der Waals surface area contributed by atoms with Crippen LogP contribution in [0.5, 0.6) is 0 Å². The molecule has 112 valence electrons. The van der Waals surface area contributed by atoms with Crippen molar-refractivity contribution < 1.29 is 4.39 Å². The van der Waals surface area contributed by atoms with Gasteiger partial charge in [-0.2, -0.15) is 5.26 Å². The highest BCUT2D eigenvalue weighted by Gasteiger charge is 2.20. The van der Waals surface area contributed by atoms with Gasteiger partial charge >= 0.3 is 0 Å². The molecule has 0 unspecified atom stereocenters. The SMILES string of the molecule is Cc1cc(N2CCN(c3ccc(F)cc3C#N)CC2)ncn1. The number of aryl methyl sites for hydroxylation is 1. The molecule has 0 atom stereocenters. The molecule has 1 aromatic carbocycles. The van der Waals surface area contributed by atoms with Gasteiger partial charge < -0.3 is 9.80 Å². The second kappa shape index (κ2) is 5.98. The first kappa shape index (κ1) is 14.3. The zero-order valence-corrected chi connectivity index (χ0v) is 12.3. The second-order valence-corrected chi connectivity index (χ2v) is 5.26. The third-order valence-corrected chi connectivity index (χ3v) is 3.81. The van der Waals surface area contributed by atoms with Gasteiger partial charge in [-0.15, -0.1) is 0 Å². The van der Waals surface area contributed by atoms with Gasteiger partial charge in [0.1, 0.15) is 24.0 Å². The number of hydrogen-bond acceptors (Lipinski definition) is 5. The van der Waals surface area contributed by atoms with E-state index >= 15 is 0 Å². The van der Waals surface area contributed by atoms with E-state index in [2.05, 4.69) is 25.8 Å². The van der Waals surface area contributed by atoms with Crippen molar-refractivity contribution in [2.45, 2.75) is 6.92 Å². The Morgan fingerprint density at radius 2 is 1.82 bits per heavy atom. The summed E-state index contributed by atoms with van der Waals surface area (Å²) in [7, 11) is 0. The van der Waals surface area contributed by atoms with Crippen molar-refractivity contribution in [3.63, 3.8) is 0 Å².